The van der Waals surface area contributed by atoms with Gasteiger partial charge in [-0.25, -0.2) is 0 Å². The standard InChI is InChI=1S/C20H33N/c1-6-7-10-13-19(2,3)15-21-18-17-12-9-8-11-16(17)14-20(18,4)5/h8-9,11-12,18,21H,6-7,10,13-15H2,1-5H3. The molecular weight excluding hydrogens is 254 g/mol. The van der Waals surface area contributed by atoms with Crippen LogP contribution in [0.3, 0.4) is 0 Å². The fourth-order valence-corrected chi connectivity index (χ4v) is 3.70. The van der Waals surface area contributed by atoms with Gasteiger partial charge in [-0.15, -0.1) is 0 Å². The van der Waals surface area contributed by atoms with Crippen LogP contribution in [0, 0.1) is 10.8 Å². The van der Waals surface area contributed by atoms with E-state index in [0.717, 1.165) is 6.54 Å². The van der Waals surface area contributed by atoms with Crippen molar-refractivity contribution in [2.24, 2.45) is 10.8 Å². The molecule has 0 fully saturated rings. The first-order valence-corrected chi connectivity index (χ1v) is 8.67. The molecule has 0 radical (unpaired) electrons. The maximum absolute atomic E-state index is 3.90. The van der Waals surface area contributed by atoms with E-state index in [1.165, 1.54) is 43.2 Å². The minimum atomic E-state index is 0.323. The predicted octanol–water partition coefficient (Wildman–Crippen LogP) is 5.51. The average Bonchev–Trinajstić information content (AvgIpc) is 2.66. The van der Waals surface area contributed by atoms with Gasteiger partial charge in [-0.05, 0) is 34.8 Å². The van der Waals surface area contributed by atoms with Crippen molar-refractivity contribution in [3.8, 4) is 0 Å². The third-order valence-electron chi connectivity index (χ3n) is 5.04. The molecule has 1 nitrogen and oxygen atoms in total. The topological polar surface area (TPSA) is 12.0 Å². The van der Waals surface area contributed by atoms with Crippen molar-refractivity contribution in [1.29, 1.82) is 0 Å². The molecule has 1 heteroatoms. The van der Waals surface area contributed by atoms with Gasteiger partial charge in [0.1, 0.15) is 0 Å². The summed E-state index contributed by atoms with van der Waals surface area (Å²) in [5.41, 5.74) is 3.77. The molecule has 1 aliphatic carbocycles. The first-order valence-electron chi connectivity index (χ1n) is 8.67. The Bertz CT molecular complexity index is 459. The Kier molecular flexibility index (Phi) is 5.14. The Morgan fingerprint density at radius 2 is 1.90 bits per heavy atom. The van der Waals surface area contributed by atoms with Gasteiger partial charge in [-0.1, -0.05) is 78.1 Å². The summed E-state index contributed by atoms with van der Waals surface area (Å²) >= 11 is 0. The highest BCUT2D eigenvalue weighted by atomic mass is 14.9. The summed E-state index contributed by atoms with van der Waals surface area (Å²) in [6.45, 7) is 13.0. The fraction of sp³-hybridized carbons (Fsp3) is 0.700. The molecular formula is C20H33N. The van der Waals surface area contributed by atoms with Crippen molar-refractivity contribution in [2.75, 3.05) is 6.54 Å². The molecule has 21 heavy (non-hydrogen) atoms. The van der Waals surface area contributed by atoms with E-state index in [9.17, 15) is 0 Å². The van der Waals surface area contributed by atoms with E-state index in [2.05, 4.69) is 64.2 Å². The lowest BCUT2D eigenvalue weighted by Gasteiger charge is -2.33. The second kappa shape index (κ2) is 6.52. The number of hydrogen-bond acceptors (Lipinski definition) is 1. The molecule has 0 saturated carbocycles. The minimum Gasteiger partial charge on any atom is -0.309 e. The molecule has 1 atom stereocenters. The zero-order chi connectivity index (χ0) is 15.5. The van der Waals surface area contributed by atoms with Crippen molar-refractivity contribution in [2.45, 2.75) is 72.8 Å². The lowest BCUT2D eigenvalue weighted by atomic mass is 9.83. The van der Waals surface area contributed by atoms with Crippen LogP contribution in [-0.4, -0.2) is 6.54 Å². The molecule has 0 spiro atoms. The van der Waals surface area contributed by atoms with Crippen molar-refractivity contribution >= 4 is 0 Å². The Morgan fingerprint density at radius 3 is 2.62 bits per heavy atom. The van der Waals surface area contributed by atoms with Gasteiger partial charge >= 0.3 is 0 Å². The van der Waals surface area contributed by atoms with Crippen LogP contribution in [-0.2, 0) is 6.42 Å². The normalized spacial score (nSPS) is 20.5. The lowest BCUT2D eigenvalue weighted by molar-refractivity contribution is 0.222. The van der Waals surface area contributed by atoms with Crippen molar-refractivity contribution < 1.29 is 0 Å². The SMILES string of the molecule is CCCCCC(C)(C)CNC1c2ccccc2CC1(C)C. The van der Waals surface area contributed by atoms with Crippen LogP contribution in [0.25, 0.3) is 0 Å². The molecule has 1 aromatic rings. The van der Waals surface area contributed by atoms with Gasteiger partial charge < -0.3 is 5.32 Å². The van der Waals surface area contributed by atoms with Gasteiger partial charge in [-0.2, -0.15) is 0 Å². The summed E-state index contributed by atoms with van der Waals surface area (Å²) < 4.78 is 0. The number of nitrogens with one attached hydrogen (secondary N) is 1. The highest BCUT2D eigenvalue weighted by molar-refractivity contribution is 5.37. The Balaban J connectivity index is 1.99. The number of rotatable bonds is 7. The third-order valence-corrected chi connectivity index (χ3v) is 5.04. The summed E-state index contributed by atoms with van der Waals surface area (Å²) in [6, 6.07) is 9.46. The zero-order valence-corrected chi connectivity index (χ0v) is 14.6. The molecule has 1 unspecified atom stereocenters. The quantitative estimate of drug-likeness (QED) is 0.652. The number of unbranched alkanes of at least 4 members (excludes halogenated alkanes) is 2. The van der Waals surface area contributed by atoms with Gasteiger partial charge in [0.15, 0.2) is 0 Å². The van der Waals surface area contributed by atoms with Gasteiger partial charge in [-0.3, -0.25) is 0 Å². The van der Waals surface area contributed by atoms with Crippen molar-refractivity contribution in [3.05, 3.63) is 35.4 Å². The highest BCUT2D eigenvalue weighted by Gasteiger charge is 2.38. The van der Waals surface area contributed by atoms with Crippen LogP contribution in [0.2, 0.25) is 0 Å². The molecule has 0 heterocycles. The summed E-state index contributed by atoms with van der Waals surface area (Å²) in [6.07, 6.45) is 6.54. The fourth-order valence-electron chi connectivity index (χ4n) is 3.70. The van der Waals surface area contributed by atoms with Gasteiger partial charge in [0.2, 0.25) is 0 Å². The molecule has 1 aromatic carbocycles. The second-order valence-electron chi connectivity index (χ2n) is 8.30. The van der Waals surface area contributed by atoms with E-state index in [1.807, 2.05) is 0 Å². The maximum Gasteiger partial charge on any atom is 0.0377 e. The van der Waals surface area contributed by atoms with E-state index in [1.54, 1.807) is 0 Å². The van der Waals surface area contributed by atoms with Crippen LogP contribution in [0.15, 0.2) is 24.3 Å². The smallest absolute Gasteiger partial charge is 0.0377 e. The molecule has 1 aliphatic rings. The molecule has 0 amide bonds. The second-order valence-corrected chi connectivity index (χ2v) is 8.30. The predicted molar refractivity (Wildman–Crippen MR) is 92.6 cm³/mol. The lowest BCUT2D eigenvalue weighted by Crippen LogP contribution is -2.37. The van der Waals surface area contributed by atoms with E-state index < -0.39 is 0 Å². The Labute approximate surface area is 131 Å². The van der Waals surface area contributed by atoms with Crippen LogP contribution < -0.4 is 5.32 Å². The first-order chi connectivity index (χ1) is 9.86. The third kappa shape index (κ3) is 4.10. The Morgan fingerprint density at radius 1 is 1.19 bits per heavy atom. The molecule has 0 bridgehead atoms. The van der Waals surface area contributed by atoms with E-state index >= 15 is 0 Å². The zero-order valence-electron chi connectivity index (χ0n) is 14.6. The van der Waals surface area contributed by atoms with Gasteiger partial charge in [0.05, 0.1) is 0 Å². The van der Waals surface area contributed by atoms with Crippen molar-refractivity contribution in [3.63, 3.8) is 0 Å². The summed E-state index contributed by atoms with van der Waals surface area (Å²) in [5.74, 6) is 0. The van der Waals surface area contributed by atoms with Gasteiger partial charge in [0, 0.05) is 12.6 Å². The van der Waals surface area contributed by atoms with Crippen LogP contribution in [0.5, 0.6) is 0 Å². The van der Waals surface area contributed by atoms with E-state index in [4.69, 9.17) is 0 Å². The molecule has 1 N–H and O–H groups in total. The number of benzene rings is 1. The molecule has 0 saturated heterocycles. The van der Waals surface area contributed by atoms with Crippen LogP contribution in [0.4, 0.5) is 0 Å². The first kappa shape index (κ1) is 16.5. The van der Waals surface area contributed by atoms with Crippen LogP contribution >= 0.6 is 0 Å². The van der Waals surface area contributed by atoms with E-state index in [-0.39, 0.29) is 0 Å². The summed E-state index contributed by atoms with van der Waals surface area (Å²) in [7, 11) is 0. The Hall–Kier alpha value is -0.820. The molecule has 118 valence electrons. The number of fused-ring (bicyclic) bond motifs is 1. The van der Waals surface area contributed by atoms with Gasteiger partial charge in [0.25, 0.3) is 0 Å². The summed E-state index contributed by atoms with van der Waals surface area (Å²) in [5, 5.41) is 3.90. The number of hydrogen-bond donors (Lipinski definition) is 1. The van der Waals surface area contributed by atoms with Crippen molar-refractivity contribution in [1.82, 2.24) is 5.32 Å². The highest BCUT2D eigenvalue weighted by Crippen LogP contribution is 2.45. The maximum atomic E-state index is 3.90. The van der Waals surface area contributed by atoms with E-state index in [0.29, 0.717) is 16.9 Å². The summed E-state index contributed by atoms with van der Waals surface area (Å²) in [4.78, 5) is 0. The van der Waals surface area contributed by atoms with Crippen LogP contribution in [0.1, 0.15) is 77.5 Å². The molecule has 2 rings (SSSR count). The largest absolute Gasteiger partial charge is 0.309 e. The average molecular weight is 287 g/mol. The monoisotopic (exact) mass is 287 g/mol. The molecule has 0 aliphatic heterocycles. The molecule has 0 aromatic heterocycles. The minimum absolute atomic E-state index is 0.323.